The highest BCUT2D eigenvalue weighted by molar-refractivity contribution is 5.60. The Labute approximate surface area is 97.9 Å². The van der Waals surface area contributed by atoms with E-state index in [4.69, 9.17) is 5.73 Å². The zero-order valence-electron chi connectivity index (χ0n) is 9.45. The van der Waals surface area contributed by atoms with E-state index in [1.54, 1.807) is 17.8 Å². The minimum atomic E-state index is -0.590. The average molecular weight is 237 g/mol. The van der Waals surface area contributed by atoms with Gasteiger partial charge in [-0.2, -0.15) is 5.10 Å². The summed E-state index contributed by atoms with van der Waals surface area (Å²) in [6.07, 6.45) is 0.636. The van der Waals surface area contributed by atoms with Crippen molar-refractivity contribution in [1.82, 2.24) is 9.78 Å². The van der Waals surface area contributed by atoms with Crippen LogP contribution in [0.1, 0.15) is 5.69 Å². The largest absolute Gasteiger partial charge is 0.330 e. The maximum Gasteiger partial charge on any atom is 0.135 e. The van der Waals surface area contributed by atoms with Gasteiger partial charge in [-0.15, -0.1) is 0 Å². The number of rotatable bonds is 3. The van der Waals surface area contributed by atoms with E-state index in [9.17, 15) is 8.78 Å². The fourth-order valence-electron chi connectivity index (χ4n) is 1.75. The molecule has 0 aliphatic rings. The van der Waals surface area contributed by atoms with Gasteiger partial charge < -0.3 is 5.73 Å². The molecule has 5 heteroatoms. The lowest BCUT2D eigenvalue weighted by atomic mass is 10.1. The van der Waals surface area contributed by atoms with Crippen LogP contribution in [0.3, 0.4) is 0 Å². The average Bonchev–Trinajstić information content (AvgIpc) is 2.60. The minimum absolute atomic E-state index is 0.338. The highest BCUT2D eigenvalue weighted by atomic mass is 19.1. The number of aryl methyl sites for hydroxylation is 1. The third-order valence-corrected chi connectivity index (χ3v) is 2.54. The van der Waals surface area contributed by atoms with Crippen LogP contribution in [0.15, 0.2) is 24.3 Å². The summed E-state index contributed by atoms with van der Waals surface area (Å²) < 4.78 is 28.0. The van der Waals surface area contributed by atoms with Gasteiger partial charge in [0.1, 0.15) is 11.6 Å². The second-order valence-corrected chi connectivity index (χ2v) is 3.81. The van der Waals surface area contributed by atoms with Crippen molar-refractivity contribution in [2.24, 2.45) is 12.8 Å². The van der Waals surface area contributed by atoms with Crippen LogP contribution in [0.5, 0.6) is 0 Å². The Morgan fingerprint density at radius 3 is 2.71 bits per heavy atom. The van der Waals surface area contributed by atoms with Crippen LogP contribution in [-0.4, -0.2) is 16.3 Å². The van der Waals surface area contributed by atoms with Gasteiger partial charge in [0.2, 0.25) is 0 Å². The van der Waals surface area contributed by atoms with Gasteiger partial charge in [0.25, 0.3) is 0 Å². The molecule has 0 saturated carbocycles. The summed E-state index contributed by atoms with van der Waals surface area (Å²) >= 11 is 0. The Hall–Kier alpha value is -1.75. The van der Waals surface area contributed by atoms with E-state index < -0.39 is 11.6 Å². The summed E-state index contributed by atoms with van der Waals surface area (Å²) in [5.74, 6) is -1.18. The van der Waals surface area contributed by atoms with Crippen LogP contribution in [0.25, 0.3) is 11.3 Å². The zero-order chi connectivity index (χ0) is 12.4. The number of nitrogens with two attached hydrogens (primary N) is 1. The molecule has 2 N–H and O–H groups in total. The van der Waals surface area contributed by atoms with Crippen molar-refractivity contribution in [3.63, 3.8) is 0 Å². The molecule has 1 aromatic carbocycles. The first-order valence-electron chi connectivity index (χ1n) is 5.30. The third-order valence-electron chi connectivity index (χ3n) is 2.54. The standard InChI is InChI=1S/C12H13F2N3/c1-17-12(7-9(16-17)4-5-15)10-3-2-8(13)6-11(10)14/h2-3,6-7H,4-5,15H2,1H3. The number of hydrogen-bond acceptors (Lipinski definition) is 2. The van der Waals surface area contributed by atoms with E-state index >= 15 is 0 Å². The molecule has 2 aromatic rings. The van der Waals surface area contributed by atoms with Crippen molar-refractivity contribution < 1.29 is 8.78 Å². The molecule has 0 fully saturated rings. The summed E-state index contributed by atoms with van der Waals surface area (Å²) in [7, 11) is 1.72. The van der Waals surface area contributed by atoms with Crippen LogP contribution in [0.4, 0.5) is 8.78 Å². The first kappa shape index (κ1) is 11.7. The van der Waals surface area contributed by atoms with Gasteiger partial charge in [-0.25, -0.2) is 8.78 Å². The molecule has 0 radical (unpaired) electrons. The van der Waals surface area contributed by atoms with Crippen molar-refractivity contribution in [1.29, 1.82) is 0 Å². The number of halogens is 2. The molecule has 17 heavy (non-hydrogen) atoms. The summed E-state index contributed by atoms with van der Waals surface area (Å²) in [6, 6.07) is 5.27. The van der Waals surface area contributed by atoms with Crippen LogP contribution < -0.4 is 5.73 Å². The van der Waals surface area contributed by atoms with Gasteiger partial charge in [0.05, 0.1) is 11.4 Å². The second kappa shape index (κ2) is 4.63. The van der Waals surface area contributed by atoms with Crippen molar-refractivity contribution in [3.8, 4) is 11.3 Å². The van der Waals surface area contributed by atoms with E-state index in [1.807, 2.05) is 0 Å². The molecule has 90 valence electrons. The number of hydrogen-bond donors (Lipinski definition) is 1. The van der Waals surface area contributed by atoms with Crippen molar-refractivity contribution in [3.05, 3.63) is 41.6 Å². The lowest BCUT2D eigenvalue weighted by molar-refractivity contribution is 0.584. The molecule has 2 rings (SSSR count). The summed E-state index contributed by atoms with van der Waals surface area (Å²) in [5.41, 5.74) is 7.19. The lowest BCUT2D eigenvalue weighted by Crippen LogP contribution is -2.03. The first-order valence-corrected chi connectivity index (χ1v) is 5.30. The van der Waals surface area contributed by atoms with Crippen molar-refractivity contribution in [2.75, 3.05) is 6.54 Å². The van der Waals surface area contributed by atoms with E-state index in [0.717, 1.165) is 11.8 Å². The molecule has 0 aliphatic heterocycles. The number of aromatic nitrogens is 2. The van der Waals surface area contributed by atoms with Crippen LogP contribution in [-0.2, 0) is 13.5 Å². The zero-order valence-corrected chi connectivity index (χ0v) is 9.45. The fourth-order valence-corrected chi connectivity index (χ4v) is 1.75. The van der Waals surface area contributed by atoms with E-state index in [2.05, 4.69) is 5.10 Å². The Morgan fingerprint density at radius 1 is 1.29 bits per heavy atom. The third kappa shape index (κ3) is 2.34. The van der Waals surface area contributed by atoms with Crippen molar-refractivity contribution >= 4 is 0 Å². The molecule has 0 amide bonds. The molecular weight excluding hydrogens is 224 g/mol. The predicted molar refractivity (Wildman–Crippen MR) is 61.3 cm³/mol. The molecule has 1 heterocycles. The molecule has 0 spiro atoms. The maximum atomic E-state index is 13.6. The topological polar surface area (TPSA) is 43.8 Å². The Kier molecular flexibility index (Phi) is 3.19. The highest BCUT2D eigenvalue weighted by Gasteiger charge is 2.11. The Balaban J connectivity index is 2.45. The highest BCUT2D eigenvalue weighted by Crippen LogP contribution is 2.23. The molecule has 0 unspecified atom stereocenters. The number of benzene rings is 1. The van der Waals surface area contributed by atoms with E-state index in [1.165, 1.54) is 12.1 Å². The monoisotopic (exact) mass is 237 g/mol. The van der Waals surface area contributed by atoms with E-state index in [0.29, 0.717) is 24.2 Å². The first-order chi connectivity index (χ1) is 8.11. The fraction of sp³-hybridized carbons (Fsp3) is 0.250. The Bertz CT molecular complexity index is 535. The molecule has 0 bridgehead atoms. The summed E-state index contributed by atoms with van der Waals surface area (Å²) in [5, 5.41) is 4.22. The van der Waals surface area contributed by atoms with Gasteiger partial charge >= 0.3 is 0 Å². The summed E-state index contributed by atoms with van der Waals surface area (Å²) in [4.78, 5) is 0. The van der Waals surface area contributed by atoms with Gasteiger partial charge in [-0.3, -0.25) is 4.68 Å². The molecule has 0 saturated heterocycles. The van der Waals surface area contributed by atoms with Gasteiger partial charge in [-0.05, 0) is 24.7 Å². The summed E-state index contributed by atoms with van der Waals surface area (Å²) in [6.45, 7) is 0.488. The second-order valence-electron chi connectivity index (χ2n) is 3.81. The predicted octanol–water partition coefficient (Wildman–Crippen LogP) is 1.87. The Morgan fingerprint density at radius 2 is 2.06 bits per heavy atom. The minimum Gasteiger partial charge on any atom is -0.330 e. The molecule has 1 aromatic heterocycles. The lowest BCUT2D eigenvalue weighted by Gasteiger charge is -2.03. The number of nitrogens with zero attached hydrogens (tertiary/aromatic N) is 2. The molecule has 3 nitrogen and oxygen atoms in total. The smallest absolute Gasteiger partial charge is 0.135 e. The molecular formula is C12H13F2N3. The van der Waals surface area contributed by atoms with Gasteiger partial charge in [0, 0.05) is 25.1 Å². The SMILES string of the molecule is Cn1nc(CCN)cc1-c1ccc(F)cc1F. The van der Waals surface area contributed by atoms with Crippen LogP contribution >= 0.6 is 0 Å². The normalized spacial score (nSPS) is 10.8. The maximum absolute atomic E-state index is 13.6. The van der Waals surface area contributed by atoms with Crippen LogP contribution in [0, 0.1) is 11.6 Å². The van der Waals surface area contributed by atoms with E-state index in [-0.39, 0.29) is 0 Å². The van der Waals surface area contributed by atoms with Gasteiger partial charge in [0.15, 0.2) is 0 Å². The van der Waals surface area contributed by atoms with Crippen molar-refractivity contribution in [2.45, 2.75) is 6.42 Å². The molecule has 0 aliphatic carbocycles. The van der Waals surface area contributed by atoms with Gasteiger partial charge in [-0.1, -0.05) is 0 Å². The van der Waals surface area contributed by atoms with Crippen LogP contribution in [0.2, 0.25) is 0 Å². The molecule has 0 atom stereocenters. The quantitative estimate of drug-likeness (QED) is 0.885.